The maximum absolute atomic E-state index is 12.3. The topological polar surface area (TPSA) is 25.2 Å². The van der Waals surface area contributed by atoms with Crippen LogP contribution >= 0.6 is 0 Å². The van der Waals surface area contributed by atoms with Crippen molar-refractivity contribution >= 4 is 16.7 Å². The van der Waals surface area contributed by atoms with Crippen molar-refractivity contribution in [3.8, 4) is 16.8 Å². The van der Waals surface area contributed by atoms with Gasteiger partial charge in [0.2, 0.25) is 0 Å². The summed E-state index contributed by atoms with van der Waals surface area (Å²) < 4.78 is 2.46. The smallest absolute Gasteiger partial charge is 0.162 e. The highest BCUT2D eigenvalue weighted by atomic mass is 16.1. The normalized spacial score (nSPS) is 14.0. The summed E-state index contributed by atoms with van der Waals surface area (Å²) in [6.07, 6.45) is 1.55. The molecule has 1 aromatic heterocycles. The van der Waals surface area contributed by atoms with Crippen LogP contribution in [0.5, 0.6) is 0 Å². The molecule has 0 radical (unpaired) electrons. The highest BCUT2D eigenvalue weighted by molar-refractivity contribution is 5.97. The molecule has 1 aliphatic rings. The molecule has 0 bridgehead atoms. The fourth-order valence-corrected chi connectivity index (χ4v) is 4.86. The number of rotatable bonds is 4. The van der Waals surface area contributed by atoms with E-state index in [2.05, 4.69) is 72.0 Å². The van der Waals surface area contributed by atoms with Crippen LogP contribution in [-0.2, 0) is 13.0 Å². The third-order valence-corrected chi connectivity index (χ3v) is 6.46. The van der Waals surface area contributed by atoms with Gasteiger partial charge in [0.25, 0.3) is 0 Å². The largest absolute Gasteiger partial charge is 0.313 e. The number of carbonyl (C=O) groups is 1. The number of Topliss-reactive ketones (excluding diaryl/α,β-unsaturated/α-hetero) is 1. The molecule has 0 saturated carbocycles. The van der Waals surface area contributed by atoms with Crippen molar-refractivity contribution in [2.24, 2.45) is 0 Å². The Morgan fingerprint density at radius 2 is 1.84 bits per heavy atom. The minimum Gasteiger partial charge on any atom is -0.313 e. The highest BCUT2D eigenvalue weighted by Gasteiger charge is 2.24. The molecule has 31 heavy (non-hydrogen) atoms. The van der Waals surface area contributed by atoms with Crippen LogP contribution in [0.2, 0.25) is 0 Å². The number of nitrogens with zero attached hydrogens (tertiary/aromatic N) is 2. The van der Waals surface area contributed by atoms with E-state index in [1.165, 1.54) is 33.4 Å². The Kier molecular flexibility index (Phi) is 4.99. The number of hydrogen-bond donors (Lipinski definition) is 0. The standard InChI is InChI=1S/C28H28N2O/c1-4-28(31)21-9-7-8-20(17-21)22-10-5-6-11-25(22)30-26-13-12-19(2)16-23(26)24-18-29(3)15-14-27(24)30/h5-13,16-17H,4,14-15,18H2,1-3H3. The van der Waals surface area contributed by atoms with Gasteiger partial charge in [-0.1, -0.05) is 55.0 Å². The fraction of sp³-hybridized carbons (Fsp3) is 0.250. The van der Waals surface area contributed by atoms with Crippen molar-refractivity contribution in [1.82, 2.24) is 9.47 Å². The van der Waals surface area contributed by atoms with Crippen molar-refractivity contribution in [2.45, 2.75) is 33.2 Å². The third-order valence-electron chi connectivity index (χ3n) is 6.46. The molecule has 1 aliphatic heterocycles. The second-order valence-corrected chi connectivity index (χ2v) is 8.64. The number of likely N-dealkylation sites (N-methyl/N-ethyl adjacent to an activating group) is 1. The van der Waals surface area contributed by atoms with Gasteiger partial charge in [-0.3, -0.25) is 4.79 Å². The number of benzene rings is 3. The Labute approximate surface area is 183 Å². The summed E-state index contributed by atoms with van der Waals surface area (Å²) in [6.45, 7) is 6.12. The first-order valence-electron chi connectivity index (χ1n) is 11.1. The van der Waals surface area contributed by atoms with Gasteiger partial charge in [-0.25, -0.2) is 0 Å². The van der Waals surface area contributed by atoms with Gasteiger partial charge < -0.3 is 9.47 Å². The third kappa shape index (κ3) is 3.39. The first kappa shape index (κ1) is 19.8. The summed E-state index contributed by atoms with van der Waals surface area (Å²) in [5, 5.41) is 1.35. The average Bonchev–Trinajstić information content (AvgIpc) is 3.11. The molecule has 0 spiro atoms. The van der Waals surface area contributed by atoms with Crippen LogP contribution in [-0.4, -0.2) is 28.8 Å². The van der Waals surface area contributed by atoms with Gasteiger partial charge >= 0.3 is 0 Å². The van der Waals surface area contributed by atoms with Crippen molar-refractivity contribution in [2.75, 3.05) is 13.6 Å². The lowest BCUT2D eigenvalue weighted by atomic mass is 9.98. The number of para-hydroxylation sites is 1. The molecular weight excluding hydrogens is 380 g/mol. The molecule has 3 nitrogen and oxygen atoms in total. The van der Waals surface area contributed by atoms with Gasteiger partial charge in [0.1, 0.15) is 0 Å². The SMILES string of the molecule is CCC(=O)c1cccc(-c2ccccc2-n2c3c(c4cc(C)ccc42)CN(C)CC3)c1. The van der Waals surface area contributed by atoms with Gasteiger partial charge in [0.05, 0.1) is 11.2 Å². The maximum Gasteiger partial charge on any atom is 0.162 e. The van der Waals surface area contributed by atoms with E-state index in [9.17, 15) is 4.79 Å². The van der Waals surface area contributed by atoms with E-state index >= 15 is 0 Å². The molecule has 2 heterocycles. The monoisotopic (exact) mass is 408 g/mol. The summed E-state index contributed by atoms with van der Waals surface area (Å²) in [6, 6.07) is 23.4. The van der Waals surface area contributed by atoms with E-state index in [4.69, 9.17) is 0 Å². The lowest BCUT2D eigenvalue weighted by Gasteiger charge is -2.25. The van der Waals surface area contributed by atoms with Gasteiger partial charge in [0.15, 0.2) is 5.78 Å². The Hall–Kier alpha value is -3.17. The summed E-state index contributed by atoms with van der Waals surface area (Å²) in [4.78, 5) is 14.7. The van der Waals surface area contributed by atoms with E-state index in [0.29, 0.717) is 6.42 Å². The molecule has 156 valence electrons. The molecule has 0 atom stereocenters. The second-order valence-electron chi connectivity index (χ2n) is 8.64. The zero-order chi connectivity index (χ0) is 21.5. The van der Waals surface area contributed by atoms with Crippen LogP contribution in [0.4, 0.5) is 0 Å². The second kappa shape index (κ2) is 7.82. The van der Waals surface area contributed by atoms with Crippen molar-refractivity contribution in [3.05, 3.63) is 89.1 Å². The predicted octanol–water partition coefficient (Wildman–Crippen LogP) is 6.19. The van der Waals surface area contributed by atoms with Crippen LogP contribution in [0.3, 0.4) is 0 Å². The van der Waals surface area contributed by atoms with E-state index in [1.807, 2.05) is 25.1 Å². The Morgan fingerprint density at radius 1 is 1.00 bits per heavy atom. The number of aromatic nitrogens is 1. The van der Waals surface area contributed by atoms with E-state index < -0.39 is 0 Å². The minimum atomic E-state index is 0.182. The highest BCUT2D eigenvalue weighted by Crippen LogP contribution is 2.37. The van der Waals surface area contributed by atoms with Crippen molar-refractivity contribution < 1.29 is 4.79 Å². The molecule has 4 aromatic rings. The fourth-order valence-electron chi connectivity index (χ4n) is 4.86. The van der Waals surface area contributed by atoms with Crippen molar-refractivity contribution in [3.63, 3.8) is 0 Å². The summed E-state index contributed by atoms with van der Waals surface area (Å²) >= 11 is 0. The average molecular weight is 409 g/mol. The van der Waals surface area contributed by atoms with Crippen LogP contribution in [0.25, 0.3) is 27.7 Å². The van der Waals surface area contributed by atoms with Gasteiger partial charge in [0, 0.05) is 48.1 Å². The number of fused-ring (bicyclic) bond motifs is 3. The van der Waals surface area contributed by atoms with Crippen LogP contribution in [0, 0.1) is 6.92 Å². The van der Waals surface area contributed by atoms with Gasteiger partial charge in [-0.2, -0.15) is 0 Å². The van der Waals surface area contributed by atoms with E-state index in [1.54, 1.807) is 0 Å². The lowest BCUT2D eigenvalue weighted by Crippen LogP contribution is -2.27. The quantitative estimate of drug-likeness (QED) is 0.376. The van der Waals surface area contributed by atoms with Crippen molar-refractivity contribution in [1.29, 1.82) is 0 Å². The van der Waals surface area contributed by atoms with Gasteiger partial charge in [-0.05, 0) is 49.4 Å². The first-order valence-corrected chi connectivity index (χ1v) is 11.1. The Balaban J connectivity index is 1.76. The molecule has 0 fully saturated rings. The van der Waals surface area contributed by atoms with E-state index in [0.717, 1.165) is 36.2 Å². The first-order chi connectivity index (χ1) is 15.1. The maximum atomic E-state index is 12.3. The molecule has 0 amide bonds. The zero-order valence-electron chi connectivity index (χ0n) is 18.5. The Bertz CT molecular complexity index is 1300. The molecule has 0 N–H and O–H groups in total. The summed E-state index contributed by atoms with van der Waals surface area (Å²) in [5.41, 5.74) is 9.62. The number of hydrogen-bond acceptors (Lipinski definition) is 2. The zero-order valence-corrected chi connectivity index (χ0v) is 18.5. The molecule has 0 aliphatic carbocycles. The Morgan fingerprint density at radius 3 is 2.68 bits per heavy atom. The predicted molar refractivity (Wildman–Crippen MR) is 128 cm³/mol. The summed E-state index contributed by atoms with van der Waals surface area (Å²) in [7, 11) is 2.20. The molecular formula is C28H28N2O. The molecule has 5 rings (SSSR count). The number of ketones is 1. The molecule has 0 unspecified atom stereocenters. The van der Waals surface area contributed by atoms with Crippen LogP contribution < -0.4 is 0 Å². The minimum absolute atomic E-state index is 0.182. The number of carbonyl (C=O) groups excluding carboxylic acids is 1. The summed E-state index contributed by atoms with van der Waals surface area (Å²) in [5.74, 6) is 0.182. The van der Waals surface area contributed by atoms with Crippen LogP contribution in [0.15, 0.2) is 66.7 Å². The molecule has 3 heteroatoms. The number of aryl methyl sites for hydroxylation is 1. The molecule has 3 aromatic carbocycles. The molecule has 0 saturated heterocycles. The van der Waals surface area contributed by atoms with Crippen LogP contribution in [0.1, 0.15) is 40.5 Å². The van der Waals surface area contributed by atoms with Gasteiger partial charge in [-0.15, -0.1) is 0 Å². The lowest BCUT2D eigenvalue weighted by molar-refractivity contribution is 0.0988. The van der Waals surface area contributed by atoms with E-state index in [-0.39, 0.29) is 5.78 Å².